The lowest BCUT2D eigenvalue weighted by molar-refractivity contribution is 0.0635. The van der Waals surface area contributed by atoms with Crippen LogP contribution in [0.1, 0.15) is 34.1 Å². The standard InChI is InChI=1S/C15H24N4O4S/c1-5-19(11-8-9-24(21,22)10-11)13-7-6-12(17-18-13)16-14(20)23-15(2,3)4/h6-7,11H,5,8-10H2,1-4H3,(H,16,17,20). The molecule has 0 aliphatic carbocycles. The second-order valence-corrected chi connectivity index (χ2v) is 8.98. The van der Waals surface area contributed by atoms with Crippen molar-refractivity contribution >= 4 is 27.6 Å². The van der Waals surface area contributed by atoms with Gasteiger partial charge in [-0.2, -0.15) is 0 Å². The molecule has 1 fully saturated rings. The van der Waals surface area contributed by atoms with E-state index in [0.29, 0.717) is 18.8 Å². The van der Waals surface area contributed by atoms with E-state index >= 15 is 0 Å². The lowest BCUT2D eigenvalue weighted by atomic mass is 10.2. The lowest BCUT2D eigenvalue weighted by Crippen LogP contribution is -2.36. The molecule has 1 aromatic rings. The van der Waals surface area contributed by atoms with Crippen LogP contribution in [-0.4, -0.2) is 54.4 Å². The first-order valence-corrected chi connectivity index (χ1v) is 9.72. The summed E-state index contributed by atoms with van der Waals surface area (Å²) in [4.78, 5) is 13.6. The summed E-state index contributed by atoms with van der Waals surface area (Å²) in [6, 6.07) is 3.26. The minimum absolute atomic E-state index is 0.0843. The van der Waals surface area contributed by atoms with Gasteiger partial charge in [-0.1, -0.05) is 0 Å². The Balaban J connectivity index is 2.04. The van der Waals surface area contributed by atoms with Crippen molar-refractivity contribution in [3.63, 3.8) is 0 Å². The highest BCUT2D eigenvalue weighted by Crippen LogP contribution is 2.22. The summed E-state index contributed by atoms with van der Waals surface area (Å²) in [5, 5.41) is 10.6. The number of rotatable bonds is 4. The Hall–Kier alpha value is -1.90. The number of carbonyl (C=O) groups excluding carboxylic acids is 1. The Labute approximate surface area is 142 Å². The van der Waals surface area contributed by atoms with E-state index in [2.05, 4.69) is 15.5 Å². The van der Waals surface area contributed by atoms with E-state index in [1.165, 1.54) is 0 Å². The zero-order valence-electron chi connectivity index (χ0n) is 14.4. The van der Waals surface area contributed by atoms with E-state index < -0.39 is 21.5 Å². The van der Waals surface area contributed by atoms with Crippen LogP contribution in [0.4, 0.5) is 16.4 Å². The molecule has 1 saturated heterocycles. The number of ether oxygens (including phenoxy) is 1. The van der Waals surface area contributed by atoms with E-state index in [1.54, 1.807) is 32.9 Å². The summed E-state index contributed by atoms with van der Waals surface area (Å²) in [7, 11) is -2.96. The van der Waals surface area contributed by atoms with Crippen LogP contribution < -0.4 is 10.2 Å². The summed E-state index contributed by atoms with van der Waals surface area (Å²) in [5.41, 5.74) is -0.593. The van der Waals surface area contributed by atoms with Gasteiger partial charge in [0.15, 0.2) is 21.5 Å². The topological polar surface area (TPSA) is 101 Å². The Morgan fingerprint density at radius 2 is 2.08 bits per heavy atom. The fourth-order valence-corrected chi connectivity index (χ4v) is 4.31. The van der Waals surface area contributed by atoms with Gasteiger partial charge in [-0.25, -0.2) is 13.2 Å². The second kappa shape index (κ2) is 6.92. The van der Waals surface area contributed by atoms with Crippen molar-refractivity contribution in [2.45, 2.75) is 45.8 Å². The molecule has 1 unspecified atom stereocenters. The van der Waals surface area contributed by atoms with Gasteiger partial charge in [0.1, 0.15) is 5.60 Å². The predicted molar refractivity (Wildman–Crippen MR) is 92.0 cm³/mol. The smallest absolute Gasteiger partial charge is 0.413 e. The molecule has 134 valence electrons. The third-order valence-corrected chi connectivity index (χ3v) is 5.31. The molecule has 0 bridgehead atoms. The van der Waals surface area contributed by atoms with Gasteiger partial charge in [-0.3, -0.25) is 5.32 Å². The molecule has 1 aromatic heterocycles. The van der Waals surface area contributed by atoms with Crippen LogP contribution in [-0.2, 0) is 14.6 Å². The molecule has 2 rings (SSSR count). The molecule has 1 aliphatic heterocycles. The number of sulfone groups is 1. The molecule has 0 spiro atoms. The zero-order valence-corrected chi connectivity index (χ0v) is 15.3. The first-order chi connectivity index (χ1) is 11.1. The van der Waals surface area contributed by atoms with Crippen LogP contribution in [0.25, 0.3) is 0 Å². The van der Waals surface area contributed by atoms with Crippen molar-refractivity contribution < 1.29 is 17.9 Å². The molecular formula is C15H24N4O4S. The molecule has 24 heavy (non-hydrogen) atoms. The van der Waals surface area contributed by atoms with Gasteiger partial charge >= 0.3 is 6.09 Å². The second-order valence-electron chi connectivity index (χ2n) is 6.75. The average molecular weight is 356 g/mol. The summed E-state index contributed by atoms with van der Waals surface area (Å²) in [5.74, 6) is 1.22. The molecule has 0 saturated carbocycles. The maximum Gasteiger partial charge on any atom is 0.413 e. The summed E-state index contributed by atoms with van der Waals surface area (Å²) >= 11 is 0. The normalized spacial score (nSPS) is 19.8. The number of hydrogen-bond acceptors (Lipinski definition) is 7. The van der Waals surface area contributed by atoms with Crippen LogP contribution in [0.15, 0.2) is 12.1 Å². The molecule has 1 N–H and O–H groups in total. The molecule has 0 aromatic carbocycles. The lowest BCUT2D eigenvalue weighted by Gasteiger charge is -2.27. The van der Waals surface area contributed by atoms with Gasteiger partial charge in [-0.05, 0) is 46.2 Å². The first kappa shape index (κ1) is 18.4. The number of nitrogens with one attached hydrogen (secondary N) is 1. The number of anilines is 2. The fourth-order valence-electron chi connectivity index (χ4n) is 2.58. The van der Waals surface area contributed by atoms with E-state index in [9.17, 15) is 13.2 Å². The summed E-state index contributed by atoms with van der Waals surface area (Å²) in [6.45, 7) is 7.90. The third kappa shape index (κ3) is 5.05. The highest BCUT2D eigenvalue weighted by atomic mass is 32.2. The van der Waals surface area contributed by atoms with Crippen molar-refractivity contribution in [1.29, 1.82) is 0 Å². The highest BCUT2D eigenvalue weighted by molar-refractivity contribution is 7.91. The van der Waals surface area contributed by atoms with Crippen LogP contribution in [0.3, 0.4) is 0 Å². The minimum Gasteiger partial charge on any atom is -0.444 e. The van der Waals surface area contributed by atoms with Crippen molar-refractivity contribution in [2.75, 3.05) is 28.3 Å². The highest BCUT2D eigenvalue weighted by Gasteiger charge is 2.32. The number of carbonyl (C=O) groups is 1. The Morgan fingerprint density at radius 3 is 2.54 bits per heavy atom. The van der Waals surface area contributed by atoms with Gasteiger partial charge in [-0.15, -0.1) is 10.2 Å². The molecule has 1 amide bonds. The average Bonchev–Trinajstić information content (AvgIpc) is 2.79. The molecule has 0 radical (unpaired) electrons. The Morgan fingerprint density at radius 1 is 1.38 bits per heavy atom. The van der Waals surface area contributed by atoms with E-state index in [1.807, 2.05) is 11.8 Å². The zero-order chi connectivity index (χ0) is 18.0. The van der Waals surface area contributed by atoms with Gasteiger partial charge in [0.2, 0.25) is 0 Å². The molecule has 2 heterocycles. The largest absolute Gasteiger partial charge is 0.444 e. The van der Waals surface area contributed by atoms with Crippen molar-refractivity contribution in [2.24, 2.45) is 0 Å². The van der Waals surface area contributed by atoms with Crippen LogP contribution in [0, 0.1) is 0 Å². The summed E-state index contributed by atoms with van der Waals surface area (Å²) in [6.07, 6.45) is -0.00533. The minimum atomic E-state index is -2.96. The van der Waals surface area contributed by atoms with Gasteiger partial charge in [0, 0.05) is 12.6 Å². The SMILES string of the molecule is CCN(c1ccc(NC(=O)OC(C)(C)C)nn1)C1CCS(=O)(=O)C1. The van der Waals surface area contributed by atoms with Crippen LogP contribution in [0.5, 0.6) is 0 Å². The number of aromatic nitrogens is 2. The van der Waals surface area contributed by atoms with E-state index in [0.717, 1.165) is 0 Å². The molecule has 1 atom stereocenters. The van der Waals surface area contributed by atoms with Crippen LogP contribution in [0.2, 0.25) is 0 Å². The third-order valence-electron chi connectivity index (χ3n) is 3.56. The van der Waals surface area contributed by atoms with Gasteiger partial charge in [0.05, 0.1) is 11.5 Å². The van der Waals surface area contributed by atoms with Crippen molar-refractivity contribution in [1.82, 2.24) is 10.2 Å². The molecule has 9 heteroatoms. The van der Waals surface area contributed by atoms with Crippen molar-refractivity contribution in [3.8, 4) is 0 Å². The number of hydrogen-bond donors (Lipinski definition) is 1. The van der Waals surface area contributed by atoms with Gasteiger partial charge < -0.3 is 9.64 Å². The maximum absolute atomic E-state index is 11.7. The Bertz CT molecular complexity index is 682. The Kier molecular flexibility index (Phi) is 5.32. The molecule has 8 nitrogen and oxygen atoms in total. The number of nitrogens with zero attached hydrogens (tertiary/aromatic N) is 3. The first-order valence-electron chi connectivity index (χ1n) is 7.90. The fraction of sp³-hybridized carbons (Fsp3) is 0.667. The van der Waals surface area contributed by atoms with E-state index in [-0.39, 0.29) is 23.4 Å². The van der Waals surface area contributed by atoms with Crippen molar-refractivity contribution in [3.05, 3.63) is 12.1 Å². The maximum atomic E-state index is 11.7. The molecule has 1 aliphatic rings. The predicted octanol–water partition coefficient (Wildman–Crippen LogP) is 1.84. The summed E-state index contributed by atoms with van der Waals surface area (Å²) < 4.78 is 28.5. The monoisotopic (exact) mass is 356 g/mol. The molecular weight excluding hydrogens is 332 g/mol. The van der Waals surface area contributed by atoms with Gasteiger partial charge in [0.25, 0.3) is 0 Å². The quantitative estimate of drug-likeness (QED) is 0.878. The van der Waals surface area contributed by atoms with Crippen LogP contribution >= 0.6 is 0 Å². The number of amides is 1. The van der Waals surface area contributed by atoms with E-state index in [4.69, 9.17) is 4.74 Å².